The predicted octanol–water partition coefficient (Wildman–Crippen LogP) is 1.93. The van der Waals surface area contributed by atoms with Crippen LogP contribution in [0.1, 0.15) is 36.0 Å². The third-order valence-electron chi connectivity index (χ3n) is 3.44. The minimum absolute atomic E-state index is 0.395. The molecule has 0 radical (unpaired) electrons. The molecule has 0 saturated carbocycles. The fourth-order valence-electron chi connectivity index (χ4n) is 2.19. The molecule has 0 atom stereocenters. The van der Waals surface area contributed by atoms with Crippen LogP contribution in [0.25, 0.3) is 11.2 Å². The summed E-state index contributed by atoms with van der Waals surface area (Å²) < 4.78 is 5.36. The number of aryl methyl sites for hydroxylation is 2. The summed E-state index contributed by atoms with van der Waals surface area (Å²) >= 11 is 0. The fourth-order valence-corrected chi connectivity index (χ4v) is 2.19. The maximum absolute atomic E-state index is 5.36. The van der Waals surface area contributed by atoms with E-state index in [1.807, 2.05) is 13.8 Å². The molecule has 18 heavy (non-hydrogen) atoms. The molecule has 0 amide bonds. The summed E-state index contributed by atoms with van der Waals surface area (Å²) in [4.78, 5) is 17.9. The molecule has 0 N–H and O–H groups in total. The van der Waals surface area contributed by atoms with Crippen LogP contribution in [-0.2, 0) is 4.74 Å². The van der Waals surface area contributed by atoms with Gasteiger partial charge in [0, 0.05) is 19.1 Å². The first-order valence-electron chi connectivity index (χ1n) is 6.29. The number of hydrogen-bond donors (Lipinski definition) is 0. The monoisotopic (exact) mass is 244 g/mol. The minimum atomic E-state index is 0.395. The molecule has 2 aromatic heterocycles. The van der Waals surface area contributed by atoms with Gasteiger partial charge in [0.1, 0.15) is 11.3 Å². The van der Waals surface area contributed by atoms with Gasteiger partial charge in [-0.3, -0.25) is 0 Å². The highest BCUT2D eigenvalue weighted by atomic mass is 16.5. The molecular formula is C13H16N4O. The molecule has 0 aliphatic carbocycles. The van der Waals surface area contributed by atoms with E-state index in [1.165, 1.54) is 0 Å². The zero-order chi connectivity index (χ0) is 12.5. The van der Waals surface area contributed by atoms with E-state index >= 15 is 0 Å². The molecule has 3 rings (SSSR count). The van der Waals surface area contributed by atoms with Gasteiger partial charge < -0.3 is 4.74 Å². The Morgan fingerprint density at radius 2 is 1.78 bits per heavy atom. The van der Waals surface area contributed by atoms with Gasteiger partial charge >= 0.3 is 0 Å². The number of hydrogen-bond acceptors (Lipinski definition) is 5. The standard InChI is InChI=1S/C13H16N4O/c1-8-9(2)16-13-11(15-8)7-14-12(17-13)10-3-5-18-6-4-10/h7,10H,3-6H2,1-2H3. The molecule has 0 aromatic carbocycles. The largest absolute Gasteiger partial charge is 0.381 e. The minimum Gasteiger partial charge on any atom is -0.381 e. The van der Waals surface area contributed by atoms with Gasteiger partial charge in [0.2, 0.25) is 0 Å². The van der Waals surface area contributed by atoms with E-state index in [0.29, 0.717) is 11.6 Å². The lowest BCUT2D eigenvalue weighted by molar-refractivity contribution is 0.0836. The van der Waals surface area contributed by atoms with Gasteiger partial charge in [0.15, 0.2) is 5.65 Å². The maximum atomic E-state index is 5.36. The second-order valence-electron chi connectivity index (χ2n) is 4.72. The molecule has 1 aliphatic rings. The zero-order valence-electron chi connectivity index (χ0n) is 10.7. The van der Waals surface area contributed by atoms with Crippen LogP contribution in [0.3, 0.4) is 0 Å². The van der Waals surface area contributed by atoms with Crippen LogP contribution in [0, 0.1) is 13.8 Å². The lowest BCUT2D eigenvalue weighted by atomic mass is 9.99. The summed E-state index contributed by atoms with van der Waals surface area (Å²) in [5.74, 6) is 1.27. The highest BCUT2D eigenvalue weighted by Crippen LogP contribution is 2.24. The maximum Gasteiger partial charge on any atom is 0.181 e. The zero-order valence-corrected chi connectivity index (χ0v) is 10.7. The third kappa shape index (κ3) is 2.06. The normalized spacial score (nSPS) is 17.2. The second-order valence-corrected chi connectivity index (χ2v) is 4.72. The average Bonchev–Trinajstić information content (AvgIpc) is 2.41. The SMILES string of the molecule is Cc1nc2cnc(C3CCOCC3)nc2nc1C. The van der Waals surface area contributed by atoms with Gasteiger partial charge in [0.05, 0.1) is 17.6 Å². The van der Waals surface area contributed by atoms with Crippen molar-refractivity contribution in [3.05, 3.63) is 23.4 Å². The van der Waals surface area contributed by atoms with Crippen molar-refractivity contribution in [3.63, 3.8) is 0 Å². The van der Waals surface area contributed by atoms with Crippen LogP contribution < -0.4 is 0 Å². The van der Waals surface area contributed by atoms with Gasteiger partial charge in [-0.2, -0.15) is 0 Å². The predicted molar refractivity (Wildman–Crippen MR) is 67.4 cm³/mol. The number of fused-ring (bicyclic) bond motifs is 1. The van der Waals surface area contributed by atoms with Crippen LogP contribution in [0.5, 0.6) is 0 Å². The van der Waals surface area contributed by atoms with Crippen molar-refractivity contribution in [1.82, 2.24) is 19.9 Å². The molecule has 1 saturated heterocycles. The topological polar surface area (TPSA) is 60.8 Å². The molecule has 0 unspecified atom stereocenters. The molecule has 1 aliphatic heterocycles. The first kappa shape index (κ1) is 11.5. The summed E-state index contributed by atoms with van der Waals surface area (Å²) in [5, 5.41) is 0. The highest BCUT2D eigenvalue weighted by molar-refractivity contribution is 5.68. The Bertz CT molecular complexity index is 578. The quantitative estimate of drug-likeness (QED) is 0.767. The molecule has 0 bridgehead atoms. The van der Waals surface area contributed by atoms with E-state index in [2.05, 4.69) is 19.9 Å². The molecular weight excluding hydrogens is 228 g/mol. The first-order chi connectivity index (χ1) is 8.74. The van der Waals surface area contributed by atoms with Crippen LogP contribution in [-0.4, -0.2) is 33.1 Å². The van der Waals surface area contributed by atoms with Crippen LogP contribution >= 0.6 is 0 Å². The smallest absolute Gasteiger partial charge is 0.181 e. The van der Waals surface area contributed by atoms with E-state index in [1.54, 1.807) is 6.20 Å². The first-order valence-corrected chi connectivity index (χ1v) is 6.29. The Kier molecular flexibility index (Phi) is 2.91. The van der Waals surface area contributed by atoms with Crippen molar-refractivity contribution >= 4 is 11.2 Å². The van der Waals surface area contributed by atoms with E-state index in [0.717, 1.165) is 48.8 Å². The lowest BCUT2D eigenvalue weighted by Gasteiger charge is -2.20. The van der Waals surface area contributed by atoms with Crippen molar-refractivity contribution in [2.45, 2.75) is 32.6 Å². The Balaban J connectivity index is 2.02. The van der Waals surface area contributed by atoms with Gasteiger partial charge in [-0.05, 0) is 26.7 Å². The Morgan fingerprint density at radius 3 is 2.56 bits per heavy atom. The Hall–Kier alpha value is -1.62. The number of rotatable bonds is 1. The van der Waals surface area contributed by atoms with Crippen molar-refractivity contribution in [1.29, 1.82) is 0 Å². The Morgan fingerprint density at radius 1 is 1.06 bits per heavy atom. The molecule has 5 nitrogen and oxygen atoms in total. The summed E-state index contributed by atoms with van der Waals surface area (Å²) in [6.45, 7) is 5.50. The fraction of sp³-hybridized carbons (Fsp3) is 0.538. The molecule has 94 valence electrons. The van der Waals surface area contributed by atoms with Gasteiger partial charge in [-0.25, -0.2) is 19.9 Å². The van der Waals surface area contributed by atoms with Gasteiger partial charge in [0.25, 0.3) is 0 Å². The molecule has 2 aromatic rings. The van der Waals surface area contributed by atoms with E-state index in [4.69, 9.17) is 4.74 Å². The van der Waals surface area contributed by atoms with Crippen molar-refractivity contribution in [2.24, 2.45) is 0 Å². The number of ether oxygens (including phenoxy) is 1. The van der Waals surface area contributed by atoms with E-state index < -0.39 is 0 Å². The molecule has 5 heteroatoms. The highest BCUT2D eigenvalue weighted by Gasteiger charge is 2.19. The summed E-state index contributed by atoms with van der Waals surface area (Å²) in [6, 6.07) is 0. The molecule has 0 spiro atoms. The van der Waals surface area contributed by atoms with Crippen LogP contribution in [0.15, 0.2) is 6.20 Å². The summed E-state index contributed by atoms with van der Waals surface area (Å²) in [5.41, 5.74) is 3.34. The summed E-state index contributed by atoms with van der Waals surface area (Å²) in [7, 11) is 0. The third-order valence-corrected chi connectivity index (χ3v) is 3.44. The molecule has 1 fully saturated rings. The van der Waals surface area contributed by atoms with E-state index in [9.17, 15) is 0 Å². The van der Waals surface area contributed by atoms with Gasteiger partial charge in [-0.15, -0.1) is 0 Å². The van der Waals surface area contributed by atoms with Crippen molar-refractivity contribution in [3.8, 4) is 0 Å². The van der Waals surface area contributed by atoms with Crippen LogP contribution in [0.4, 0.5) is 0 Å². The second kappa shape index (κ2) is 4.57. The summed E-state index contributed by atoms with van der Waals surface area (Å²) in [6.07, 6.45) is 3.76. The van der Waals surface area contributed by atoms with Crippen LogP contribution in [0.2, 0.25) is 0 Å². The number of nitrogens with zero attached hydrogens (tertiary/aromatic N) is 4. The van der Waals surface area contributed by atoms with Gasteiger partial charge in [-0.1, -0.05) is 0 Å². The molecule has 3 heterocycles. The average molecular weight is 244 g/mol. The van der Waals surface area contributed by atoms with E-state index in [-0.39, 0.29) is 0 Å². The number of aromatic nitrogens is 4. The van der Waals surface area contributed by atoms with Crippen molar-refractivity contribution < 1.29 is 4.74 Å². The Labute approximate surface area is 106 Å². The van der Waals surface area contributed by atoms with Crippen molar-refractivity contribution in [2.75, 3.05) is 13.2 Å². The lowest BCUT2D eigenvalue weighted by Crippen LogP contribution is -2.16.